The van der Waals surface area contributed by atoms with Gasteiger partial charge in [-0.25, -0.2) is 8.42 Å². The second-order valence-corrected chi connectivity index (χ2v) is 4.34. The molecule has 0 aliphatic heterocycles. The van der Waals surface area contributed by atoms with Crippen molar-refractivity contribution in [3.63, 3.8) is 0 Å². The van der Waals surface area contributed by atoms with E-state index in [1.54, 1.807) is 13.0 Å². The Morgan fingerprint density at radius 3 is 2.33 bits per heavy atom. The summed E-state index contributed by atoms with van der Waals surface area (Å²) < 4.78 is 27.0. The molecule has 5 heteroatoms. The van der Waals surface area contributed by atoms with Gasteiger partial charge in [0.2, 0.25) is 0 Å². The van der Waals surface area contributed by atoms with Crippen LogP contribution in [0.5, 0.6) is 0 Å². The van der Waals surface area contributed by atoms with Crippen molar-refractivity contribution in [1.82, 2.24) is 0 Å². The number of sulfone groups is 1. The molecule has 0 aromatic rings. The summed E-state index contributed by atoms with van der Waals surface area (Å²) in [5.41, 5.74) is 0. The number of nitrogens with zero attached hydrogens (tertiary/aromatic N) is 1. The van der Waals surface area contributed by atoms with Crippen molar-refractivity contribution in [3.05, 3.63) is 12.7 Å². The second kappa shape index (κ2) is 3.70. The first kappa shape index (κ1) is 11.1. The van der Waals surface area contributed by atoms with Crippen molar-refractivity contribution in [2.45, 2.75) is 11.9 Å². The van der Waals surface area contributed by atoms with Gasteiger partial charge in [0, 0.05) is 12.9 Å². The van der Waals surface area contributed by atoms with Crippen LogP contribution in [0.1, 0.15) is 6.92 Å². The van der Waals surface area contributed by atoms with Gasteiger partial charge in [-0.2, -0.15) is 5.26 Å². The lowest BCUT2D eigenvalue weighted by molar-refractivity contribution is 0.101. The Morgan fingerprint density at radius 1 is 1.75 bits per heavy atom. The molecule has 4 nitrogen and oxygen atoms in total. The van der Waals surface area contributed by atoms with Crippen LogP contribution in [0.3, 0.4) is 0 Å². The molecule has 0 spiro atoms. The van der Waals surface area contributed by atoms with Crippen LogP contribution in [0.15, 0.2) is 12.7 Å². The molecule has 0 aliphatic rings. The SMILES string of the molecule is C=CC(C#N)(OCC)S(C)(=O)=O. The maximum atomic E-state index is 11.1. The molecule has 0 saturated heterocycles. The highest BCUT2D eigenvalue weighted by Crippen LogP contribution is 2.18. The minimum atomic E-state index is -3.59. The predicted molar refractivity (Wildman–Crippen MR) is 45.0 cm³/mol. The Morgan fingerprint density at radius 2 is 2.25 bits per heavy atom. The van der Waals surface area contributed by atoms with E-state index in [-0.39, 0.29) is 6.61 Å². The summed E-state index contributed by atoms with van der Waals surface area (Å²) >= 11 is 0. The van der Waals surface area contributed by atoms with Crippen LogP contribution in [-0.2, 0) is 14.6 Å². The largest absolute Gasteiger partial charge is 0.345 e. The number of hydrogen-bond acceptors (Lipinski definition) is 4. The maximum absolute atomic E-state index is 11.1. The number of ether oxygens (including phenoxy) is 1. The Hall–Kier alpha value is -0.860. The molecule has 1 atom stereocenters. The monoisotopic (exact) mass is 189 g/mol. The summed E-state index contributed by atoms with van der Waals surface area (Å²) in [5.74, 6) is 0. The van der Waals surface area contributed by atoms with Gasteiger partial charge in [0.05, 0.1) is 0 Å². The highest BCUT2D eigenvalue weighted by molar-refractivity contribution is 7.92. The fourth-order valence-electron chi connectivity index (χ4n) is 0.693. The first-order chi connectivity index (χ1) is 5.43. The summed E-state index contributed by atoms with van der Waals surface area (Å²) in [7, 11) is -3.59. The van der Waals surface area contributed by atoms with E-state index in [0.717, 1.165) is 12.3 Å². The fraction of sp³-hybridized carbons (Fsp3) is 0.571. The van der Waals surface area contributed by atoms with Crippen molar-refractivity contribution in [3.8, 4) is 6.07 Å². The van der Waals surface area contributed by atoms with Crippen LogP contribution in [0.4, 0.5) is 0 Å². The highest BCUT2D eigenvalue weighted by Gasteiger charge is 2.38. The molecule has 0 aromatic heterocycles. The van der Waals surface area contributed by atoms with Crippen LogP contribution >= 0.6 is 0 Å². The molecule has 0 aliphatic carbocycles. The quantitative estimate of drug-likeness (QED) is 0.603. The Bertz CT molecular complexity index is 301. The van der Waals surface area contributed by atoms with E-state index >= 15 is 0 Å². The highest BCUT2D eigenvalue weighted by atomic mass is 32.2. The lowest BCUT2D eigenvalue weighted by Crippen LogP contribution is -2.37. The molecule has 0 bridgehead atoms. The third-order valence-electron chi connectivity index (χ3n) is 1.33. The number of nitriles is 1. The second-order valence-electron chi connectivity index (χ2n) is 2.19. The molecule has 0 rings (SSSR count). The normalized spacial score (nSPS) is 16.1. The third-order valence-corrected chi connectivity index (χ3v) is 2.81. The smallest absolute Gasteiger partial charge is 0.274 e. The van der Waals surface area contributed by atoms with Crippen LogP contribution in [0.2, 0.25) is 0 Å². The van der Waals surface area contributed by atoms with Gasteiger partial charge in [-0.15, -0.1) is 0 Å². The molecule has 0 radical (unpaired) electrons. The van der Waals surface area contributed by atoms with E-state index in [1.807, 2.05) is 0 Å². The van der Waals surface area contributed by atoms with Gasteiger partial charge in [-0.05, 0) is 13.0 Å². The minimum Gasteiger partial charge on any atom is -0.345 e. The topological polar surface area (TPSA) is 67.2 Å². The van der Waals surface area contributed by atoms with Crippen LogP contribution in [0.25, 0.3) is 0 Å². The molecule has 1 unspecified atom stereocenters. The van der Waals surface area contributed by atoms with Crippen molar-refractivity contribution in [2.75, 3.05) is 12.9 Å². The Labute approximate surface area is 72.4 Å². The van der Waals surface area contributed by atoms with Crippen LogP contribution < -0.4 is 0 Å². The van der Waals surface area contributed by atoms with E-state index in [9.17, 15) is 8.42 Å². The van der Waals surface area contributed by atoms with Crippen LogP contribution in [-0.4, -0.2) is 26.2 Å². The molecular weight excluding hydrogens is 178 g/mol. The first-order valence-electron chi connectivity index (χ1n) is 3.32. The molecule has 0 heterocycles. The van der Waals surface area contributed by atoms with E-state index < -0.39 is 14.8 Å². The summed E-state index contributed by atoms with van der Waals surface area (Å²) in [6.45, 7) is 5.02. The molecule has 12 heavy (non-hydrogen) atoms. The van der Waals surface area contributed by atoms with Crippen LogP contribution in [0, 0.1) is 11.3 Å². The molecule has 0 saturated carbocycles. The maximum Gasteiger partial charge on any atom is 0.274 e. The molecule has 0 N–H and O–H groups in total. The molecule has 0 fully saturated rings. The van der Waals surface area contributed by atoms with Gasteiger partial charge in [-0.1, -0.05) is 6.58 Å². The third kappa shape index (κ3) is 1.84. The van der Waals surface area contributed by atoms with Gasteiger partial charge in [-0.3, -0.25) is 0 Å². The summed E-state index contributed by atoms with van der Waals surface area (Å²) in [5, 5.41) is 8.62. The van der Waals surface area contributed by atoms with Gasteiger partial charge in [0.25, 0.3) is 4.93 Å². The first-order valence-corrected chi connectivity index (χ1v) is 5.21. The van der Waals surface area contributed by atoms with E-state index in [4.69, 9.17) is 10.00 Å². The molecular formula is C7H11NO3S. The van der Waals surface area contributed by atoms with E-state index in [1.165, 1.54) is 0 Å². The average molecular weight is 189 g/mol. The summed E-state index contributed by atoms with van der Waals surface area (Å²) in [4.78, 5) is -1.89. The van der Waals surface area contributed by atoms with E-state index in [2.05, 4.69) is 6.58 Å². The van der Waals surface area contributed by atoms with Gasteiger partial charge < -0.3 is 4.74 Å². The fourth-order valence-corrected chi connectivity index (χ4v) is 1.49. The average Bonchev–Trinajstić information content (AvgIpc) is 1.98. The van der Waals surface area contributed by atoms with Crippen molar-refractivity contribution >= 4 is 9.84 Å². The lowest BCUT2D eigenvalue weighted by atomic mass is 10.4. The zero-order valence-corrected chi connectivity index (χ0v) is 7.89. The lowest BCUT2D eigenvalue weighted by Gasteiger charge is -2.19. The molecule has 0 aromatic carbocycles. The summed E-state index contributed by atoms with van der Waals surface area (Å²) in [6.07, 6.45) is 1.93. The zero-order chi connectivity index (χ0) is 9.83. The zero-order valence-electron chi connectivity index (χ0n) is 7.07. The van der Waals surface area contributed by atoms with Crippen molar-refractivity contribution < 1.29 is 13.2 Å². The number of rotatable bonds is 4. The number of hydrogen-bond donors (Lipinski definition) is 0. The van der Waals surface area contributed by atoms with Gasteiger partial charge in [0.15, 0.2) is 9.84 Å². The van der Waals surface area contributed by atoms with E-state index in [0.29, 0.717) is 0 Å². The predicted octanol–water partition coefficient (Wildman–Crippen LogP) is 0.473. The van der Waals surface area contributed by atoms with Crippen molar-refractivity contribution in [2.24, 2.45) is 0 Å². The minimum absolute atomic E-state index is 0.145. The van der Waals surface area contributed by atoms with Crippen molar-refractivity contribution in [1.29, 1.82) is 5.26 Å². The standard InChI is InChI=1S/C7H11NO3S/c1-4-7(6-8,11-5-2)12(3,9)10/h4H,1,5H2,2-3H3. The molecule has 0 amide bonds. The summed E-state index contributed by atoms with van der Waals surface area (Å²) in [6, 6.07) is 1.58. The van der Waals surface area contributed by atoms with Gasteiger partial charge >= 0.3 is 0 Å². The Kier molecular flexibility index (Phi) is 3.43. The Balaban J connectivity index is 5.15. The molecule has 68 valence electrons. The van der Waals surface area contributed by atoms with Gasteiger partial charge in [0.1, 0.15) is 6.07 Å².